The van der Waals surface area contributed by atoms with Gasteiger partial charge in [0.05, 0.1) is 6.26 Å². The lowest BCUT2D eigenvalue weighted by Gasteiger charge is -2.17. The van der Waals surface area contributed by atoms with E-state index in [1.165, 1.54) is 0 Å². The standard InChI is InChI=1S/C6H4F2O6S/c7-6(8,15(10,11)12)5(9)14-4-1-2-13-3-4/h1-3H,(H,10,11,12)/p-1. The smallest absolute Gasteiger partial charge is 0.429 e. The summed E-state index contributed by atoms with van der Waals surface area (Å²) in [6.45, 7) is 0. The van der Waals surface area contributed by atoms with Gasteiger partial charge in [-0.15, -0.1) is 0 Å². The molecule has 0 amide bonds. The third-order valence-corrected chi connectivity index (χ3v) is 2.05. The van der Waals surface area contributed by atoms with E-state index in [0.717, 1.165) is 18.6 Å². The molecule has 0 saturated carbocycles. The highest BCUT2D eigenvalue weighted by atomic mass is 32.2. The molecule has 0 unspecified atom stereocenters. The van der Waals surface area contributed by atoms with Gasteiger partial charge in [-0.2, -0.15) is 8.78 Å². The zero-order valence-electron chi connectivity index (χ0n) is 6.85. The predicted molar refractivity (Wildman–Crippen MR) is 39.0 cm³/mol. The molecule has 0 spiro atoms. The number of hydrogen-bond acceptors (Lipinski definition) is 6. The van der Waals surface area contributed by atoms with E-state index in [0.29, 0.717) is 0 Å². The van der Waals surface area contributed by atoms with Crippen molar-refractivity contribution in [2.24, 2.45) is 0 Å². The van der Waals surface area contributed by atoms with Crippen LogP contribution in [0.2, 0.25) is 0 Å². The molecule has 0 aliphatic heterocycles. The lowest BCUT2D eigenvalue weighted by atomic mass is 10.6. The fourth-order valence-electron chi connectivity index (χ4n) is 0.579. The van der Waals surface area contributed by atoms with E-state index in [1.54, 1.807) is 0 Å². The molecular formula is C6H3F2O6S-. The zero-order valence-corrected chi connectivity index (χ0v) is 7.66. The van der Waals surface area contributed by atoms with E-state index in [-0.39, 0.29) is 0 Å². The molecule has 1 aromatic heterocycles. The third-order valence-electron chi connectivity index (χ3n) is 1.26. The van der Waals surface area contributed by atoms with Crippen LogP contribution in [0.3, 0.4) is 0 Å². The van der Waals surface area contributed by atoms with E-state index in [2.05, 4.69) is 9.15 Å². The minimum Gasteiger partial charge on any atom is -0.743 e. The van der Waals surface area contributed by atoms with Crippen LogP contribution >= 0.6 is 0 Å². The lowest BCUT2D eigenvalue weighted by Crippen LogP contribution is -2.40. The van der Waals surface area contributed by atoms with Gasteiger partial charge >= 0.3 is 11.2 Å². The van der Waals surface area contributed by atoms with Crippen LogP contribution < -0.4 is 4.74 Å². The fourth-order valence-corrected chi connectivity index (χ4v) is 0.824. The number of carbonyl (C=O) groups excluding carboxylic acids is 1. The van der Waals surface area contributed by atoms with Gasteiger partial charge < -0.3 is 13.7 Å². The molecule has 0 radical (unpaired) electrons. The van der Waals surface area contributed by atoms with Crippen LogP contribution in [-0.2, 0) is 14.9 Å². The number of hydrogen-bond donors (Lipinski definition) is 0. The summed E-state index contributed by atoms with van der Waals surface area (Å²) >= 11 is 0. The molecule has 9 heteroatoms. The van der Waals surface area contributed by atoms with Crippen molar-refractivity contribution in [1.82, 2.24) is 0 Å². The molecule has 1 heterocycles. The van der Waals surface area contributed by atoms with Gasteiger partial charge in [0.2, 0.25) is 0 Å². The Hall–Kier alpha value is -1.48. The monoisotopic (exact) mass is 241 g/mol. The van der Waals surface area contributed by atoms with Gasteiger partial charge in [-0.3, -0.25) is 0 Å². The van der Waals surface area contributed by atoms with E-state index < -0.39 is 27.1 Å². The number of rotatable bonds is 3. The predicted octanol–water partition coefficient (Wildman–Crippen LogP) is 0.323. The quantitative estimate of drug-likeness (QED) is 0.558. The van der Waals surface area contributed by atoms with Gasteiger partial charge in [0.25, 0.3) is 0 Å². The summed E-state index contributed by atoms with van der Waals surface area (Å²) in [6.07, 6.45) is 1.79. The van der Waals surface area contributed by atoms with Gasteiger partial charge in [-0.05, 0) is 0 Å². The molecule has 84 valence electrons. The minimum absolute atomic E-state index is 0.427. The molecule has 1 rings (SSSR count). The van der Waals surface area contributed by atoms with Crippen molar-refractivity contribution in [3.63, 3.8) is 0 Å². The topological polar surface area (TPSA) is 96.6 Å². The summed E-state index contributed by atoms with van der Waals surface area (Å²) in [6, 6.07) is 0.991. The van der Waals surface area contributed by atoms with Crippen LogP contribution in [0.25, 0.3) is 0 Å². The lowest BCUT2D eigenvalue weighted by molar-refractivity contribution is -0.151. The van der Waals surface area contributed by atoms with Gasteiger partial charge in [-0.1, -0.05) is 0 Å². The van der Waals surface area contributed by atoms with Crippen LogP contribution in [0.1, 0.15) is 0 Å². The minimum atomic E-state index is -6.09. The Morgan fingerprint density at radius 2 is 2.13 bits per heavy atom. The molecule has 0 aliphatic carbocycles. The van der Waals surface area contributed by atoms with Crippen molar-refractivity contribution in [3.05, 3.63) is 18.6 Å². The molecule has 0 N–H and O–H groups in total. The Balaban J connectivity index is 2.87. The van der Waals surface area contributed by atoms with Gasteiger partial charge in [0.1, 0.15) is 6.26 Å². The van der Waals surface area contributed by atoms with Crippen LogP contribution in [0.5, 0.6) is 5.75 Å². The van der Waals surface area contributed by atoms with E-state index in [4.69, 9.17) is 0 Å². The van der Waals surface area contributed by atoms with Crippen LogP contribution in [0, 0.1) is 0 Å². The summed E-state index contributed by atoms with van der Waals surface area (Å²) in [7, 11) is -6.09. The highest BCUT2D eigenvalue weighted by Gasteiger charge is 2.48. The fraction of sp³-hybridized carbons (Fsp3) is 0.167. The first-order chi connectivity index (χ1) is 6.75. The second-order valence-electron chi connectivity index (χ2n) is 2.32. The van der Waals surface area contributed by atoms with Crippen molar-refractivity contribution in [3.8, 4) is 5.75 Å². The molecule has 0 saturated heterocycles. The van der Waals surface area contributed by atoms with Crippen LogP contribution in [-0.4, -0.2) is 24.2 Å². The van der Waals surface area contributed by atoms with Crippen LogP contribution in [0.15, 0.2) is 23.0 Å². The first-order valence-corrected chi connectivity index (χ1v) is 4.73. The highest BCUT2D eigenvalue weighted by molar-refractivity contribution is 7.87. The molecule has 0 aromatic carbocycles. The van der Waals surface area contributed by atoms with Gasteiger partial charge in [0, 0.05) is 6.07 Å². The van der Waals surface area contributed by atoms with E-state index in [9.17, 15) is 26.5 Å². The Morgan fingerprint density at radius 3 is 2.53 bits per heavy atom. The summed E-state index contributed by atoms with van der Waals surface area (Å²) in [5, 5.41) is -5.12. The maximum atomic E-state index is 12.5. The molecule has 1 aromatic rings. The maximum Gasteiger partial charge on any atom is 0.429 e. The van der Waals surface area contributed by atoms with Gasteiger partial charge in [0.15, 0.2) is 15.9 Å². The largest absolute Gasteiger partial charge is 0.743 e. The van der Waals surface area contributed by atoms with Crippen molar-refractivity contribution in [2.45, 2.75) is 5.25 Å². The number of furan rings is 1. The second-order valence-corrected chi connectivity index (χ2v) is 3.74. The Kier molecular flexibility index (Phi) is 2.77. The molecule has 0 bridgehead atoms. The van der Waals surface area contributed by atoms with E-state index >= 15 is 0 Å². The molecule has 6 nitrogen and oxygen atoms in total. The average Bonchev–Trinajstić information content (AvgIpc) is 2.54. The number of esters is 1. The number of alkyl halides is 2. The van der Waals surface area contributed by atoms with Crippen molar-refractivity contribution >= 4 is 16.1 Å². The summed E-state index contributed by atoms with van der Waals surface area (Å²) in [5.41, 5.74) is 0. The summed E-state index contributed by atoms with van der Waals surface area (Å²) in [5.74, 6) is -2.90. The van der Waals surface area contributed by atoms with Crippen molar-refractivity contribution in [1.29, 1.82) is 0 Å². The third kappa shape index (κ3) is 2.30. The van der Waals surface area contributed by atoms with Crippen LogP contribution in [0.4, 0.5) is 8.78 Å². The number of ether oxygens (including phenoxy) is 1. The SMILES string of the molecule is O=C(Oc1ccoc1)C(F)(F)S(=O)(=O)[O-]. The first-order valence-electron chi connectivity index (χ1n) is 3.33. The van der Waals surface area contributed by atoms with E-state index in [1.807, 2.05) is 0 Å². The summed E-state index contributed by atoms with van der Waals surface area (Å²) in [4.78, 5) is 10.6. The molecule has 0 aliphatic rings. The molecule has 0 atom stereocenters. The van der Waals surface area contributed by atoms with Gasteiger partial charge in [-0.25, -0.2) is 13.2 Å². The zero-order chi connectivity index (χ0) is 11.7. The Labute approximate surface area is 82.2 Å². The molecule has 0 fully saturated rings. The normalized spacial score (nSPS) is 12.5. The maximum absolute atomic E-state index is 12.5. The second kappa shape index (κ2) is 3.59. The summed E-state index contributed by atoms with van der Waals surface area (Å²) < 4.78 is 63.2. The average molecular weight is 241 g/mol. The number of halogens is 2. The molecule has 15 heavy (non-hydrogen) atoms. The van der Waals surface area contributed by atoms with Crippen molar-refractivity contribution in [2.75, 3.05) is 0 Å². The number of carbonyl (C=O) groups is 1. The molecular weight excluding hydrogens is 238 g/mol. The Morgan fingerprint density at radius 1 is 1.53 bits per heavy atom. The Bertz CT molecular complexity index is 448. The first kappa shape index (κ1) is 11.6. The van der Waals surface area contributed by atoms with Crippen molar-refractivity contribution < 1.29 is 35.7 Å². The highest BCUT2D eigenvalue weighted by Crippen LogP contribution is 2.23.